The lowest BCUT2D eigenvalue weighted by Crippen LogP contribution is -2.22. The van der Waals surface area contributed by atoms with Gasteiger partial charge in [-0.05, 0) is 42.8 Å². The van der Waals surface area contributed by atoms with Crippen LogP contribution in [0.5, 0.6) is 0 Å². The third kappa shape index (κ3) is 3.75. The van der Waals surface area contributed by atoms with Crippen LogP contribution >= 0.6 is 0 Å². The van der Waals surface area contributed by atoms with Crippen molar-refractivity contribution in [2.24, 2.45) is 0 Å². The molecule has 4 nitrogen and oxygen atoms in total. The Hall–Kier alpha value is -2.49. The van der Waals surface area contributed by atoms with Gasteiger partial charge >= 0.3 is 5.97 Å². The lowest BCUT2D eigenvalue weighted by molar-refractivity contribution is 0.0600. The van der Waals surface area contributed by atoms with Gasteiger partial charge in [0.25, 0.3) is 0 Å². The fourth-order valence-electron chi connectivity index (χ4n) is 2.19. The summed E-state index contributed by atoms with van der Waals surface area (Å²) in [5, 5.41) is 0. The number of nitrogens with two attached hydrogens (primary N) is 1. The largest absolute Gasteiger partial charge is 0.465 e. The molecule has 0 aliphatic carbocycles. The van der Waals surface area contributed by atoms with Crippen molar-refractivity contribution in [2.45, 2.75) is 13.5 Å². The maximum Gasteiger partial charge on any atom is 0.337 e. The Labute approximate surface area is 125 Å². The number of benzene rings is 2. The fourth-order valence-corrected chi connectivity index (χ4v) is 2.19. The van der Waals surface area contributed by atoms with Gasteiger partial charge in [-0.2, -0.15) is 0 Å². The molecule has 0 unspecified atom stereocenters. The monoisotopic (exact) mass is 284 g/mol. The zero-order valence-corrected chi connectivity index (χ0v) is 12.4. The molecular formula is C17H20N2O2. The highest BCUT2D eigenvalue weighted by Gasteiger charge is 2.08. The number of nitrogen functional groups attached to an aromatic ring is 1. The van der Waals surface area contributed by atoms with E-state index in [1.165, 1.54) is 7.11 Å². The van der Waals surface area contributed by atoms with Crippen LogP contribution in [-0.2, 0) is 11.3 Å². The van der Waals surface area contributed by atoms with E-state index in [-0.39, 0.29) is 5.97 Å². The molecule has 0 aliphatic heterocycles. The number of methoxy groups -OCH3 is 1. The summed E-state index contributed by atoms with van der Waals surface area (Å²) in [6.07, 6.45) is 0. The Morgan fingerprint density at radius 1 is 1.19 bits per heavy atom. The number of hydrogen-bond acceptors (Lipinski definition) is 4. The number of ether oxygens (including phenoxy) is 1. The van der Waals surface area contributed by atoms with E-state index < -0.39 is 0 Å². The molecule has 2 rings (SSSR count). The van der Waals surface area contributed by atoms with Gasteiger partial charge in [-0.15, -0.1) is 0 Å². The van der Waals surface area contributed by atoms with E-state index in [2.05, 4.69) is 11.8 Å². The first kappa shape index (κ1) is 14.9. The lowest BCUT2D eigenvalue weighted by atomic mass is 10.1. The summed E-state index contributed by atoms with van der Waals surface area (Å²) < 4.78 is 4.70. The molecule has 0 saturated heterocycles. The molecule has 4 heteroatoms. The normalized spacial score (nSPS) is 10.2. The predicted molar refractivity (Wildman–Crippen MR) is 85.4 cm³/mol. The molecule has 110 valence electrons. The van der Waals surface area contributed by atoms with Gasteiger partial charge in [-0.25, -0.2) is 4.79 Å². The molecule has 0 spiro atoms. The fraction of sp³-hybridized carbons (Fsp3) is 0.235. The van der Waals surface area contributed by atoms with E-state index in [1.807, 2.05) is 36.4 Å². The number of carbonyl (C=O) groups is 1. The summed E-state index contributed by atoms with van der Waals surface area (Å²) in [6.45, 7) is 3.75. The zero-order chi connectivity index (χ0) is 15.2. The van der Waals surface area contributed by atoms with Gasteiger partial charge in [-0.1, -0.05) is 18.2 Å². The number of esters is 1. The molecule has 0 saturated carbocycles. The highest BCUT2D eigenvalue weighted by atomic mass is 16.5. The Morgan fingerprint density at radius 3 is 2.48 bits per heavy atom. The standard InChI is InChI=1S/C17H20N2O2/c1-3-19(16-6-4-5-15(18)11-16)12-13-7-9-14(10-8-13)17(20)21-2/h4-11H,3,12,18H2,1-2H3. The van der Waals surface area contributed by atoms with E-state index in [9.17, 15) is 4.79 Å². The third-order valence-corrected chi connectivity index (χ3v) is 3.37. The van der Waals surface area contributed by atoms with Gasteiger partial charge in [0.15, 0.2) is 0 Å². The van der Waals surface area contributed by atoms with E-state index >= 15 is 0 Å². The van der Waals surface area contributed by atoms with Gasteiger partial charge in [-0.3, -0.25) is 0 Å². The van der Waals surface area contributed by atoms with Gasteiger partial charge < -0.3 is 15.4 Å². The molecule has 2 N–H and O–H groups in total. The van der Waals surface area contributed by atoms with Gasteiger partial charge in [0.05, 0.1) is 12.7 Å². The second-order valence-electron chi connectivity index (χ2n) is 4.80. The average Bonchev–Trinajstić information content (AvgIpc) is 2.52. The van der Waals surface area contributed by atoms with Crippen LogP contribution < -0.4 is 10.6 Å². The van der Waals surface area contributed by atoms with Crippen LogP contribution in [-0.4, -0.2) is 19.6 Å². The smallest absolute Gasteiger partial charge is 0.337 e. The van der Waals surface area contributed by atoms with Gasteiger partial charge in [0.2, 0.25) is 0 Å². The maximum atomic E-state index is 11.4. The zero-order valence-electron chi connectivity index (χ0n) is 12.4. The first-order valence-corrected chi connectivity index (χ1v) is 6.91. The quantitative estimate of drug-likeness (QED) is 0.677. The minimum atomic E-state index is -0.315. The second kappa shape index (κ2) is 6.79. The minimum Gasteiger partial charge on any atom is -0.465 e. The van der Waals surface area contributed by atoms with E-state index in [0.717, 1.165) is 30.0 Å². The van der Waals surface area contributed by atoms with E-state index in [4.69, 9.17) is 10.5 Å². The Bertz CT molecular complexity index is 608. The van der Waals surface area contributed by atoms with Crippen LogP contribution in [0, 0.1) is 0 Å². The van der Waals surface area contributed by atoms with Crippen LogP contribution in [0.15, 0.2) is 48.5 Å². The predicted octanol–water partition coefficient (Wildman–Crippen LogP) is 3.08. The third-order valence-electron chi connectivity index (χ3n) is 3.37. The SMILES string of the molecule is CCN(Cc1ccc(C(=O)OC)cc1)c1cccc(N)c1. The first-order valence-electron chi connectivity index (χ1n) is 6.91. The first-order chi connectivity index (χ1) is 10.1. The molecule has 0 bridgehead atoms. The summed E-state index contributed by atoms with van der Waals surface area (Å²) in [5.41, 5.74) is 9.38. The van der Waals surface area contributed by atoms with Crippen LogP contribution in [0.25, 0.3) is 0 Å². The van der Waals surface area contributed by atoms with Crippen LogP contribution in [0.3, 0.4) is 0 Å². The van der Waals surface area contributed by atoms with Crippen molar-refractivity contribution >= 4 is 17.3 Å². The van der Waals surface area contributed by atoms with Crippen LogP contribution in [0.1, 0.15) is 22.8 Å². The Kier molecular flexibility index (Phi) is 4.82. The lowest BCUT2D eigenvalue weighted by Gasteiger charge is -2.23. The van der Waals surface area contributed by atoms with Crippen molar-refractivity contribution in [3.8, 4) is 0 Å². The van der Waals surface area contributed by atoms with Crippen molar-refractivity contribution in [1.82, 2.24) is 0 Å². The summed E-state index contributed by atoms with van der Waals surface area (Å²) >= 11 is 0. The van der Waals surface area contributed by atoms with Crippen molar-refractivity contribution in [1.29, 1.82) is 0 Å². The molecule has 0 amide bonds. The number of anilines is 2. The molecule has 0 radical (unpaired) electrons. The summed E-state index contributed by atoms with van der Waals surface area (Å²) in [7, 11) is 1.38. The highest BCUT2D eigenvalue weighted by Crippen LogP contribution is 2.20. The van der Waals surface area contributed by atoms with Crippen LogP contribution in [0.2, 0.25) is 0 Å². The Morgan fingerprint density at radius 2 is 1.90 bits per heavy atom. The minimum absolute atomic E-state index is 0.315. The Balaban J connectivity index is 2.13. The number of rotatable bonds is 5. The molecule has 0 aromatic heterocycles. The van der Waals surface area contributed by atoms with Crippen LogP contribution in [0.4, 0.5) is 11.4 Å². The van der Waals surface area contributed by atoms with E-state index in [1.54, 1.807) is 12.1 Å². The van der Waals surface area contributed by atoms with Gasteiger partial charge in [0.1, 0.15) is 0 Å². The van der Waals surface area contributed by atoms with Crippen molar-refractivity contribution in [3.63, 3.8) is 0 Å². The van der Waals surface area contributed by atoms with E-state index in [0.29, 0.717) is 5.56 Å². The molecular weight excluding hydrogens is 264 g/mol. The summed E-state index contributed by atoms with van der Waals surface area (Å²) in [6, 6.07) is 15.3. The van der Waals surface area contributed by atoms with Crippen molar-refractivity contribution in [2.75, 3.05) is 24.3 Å². The number of hydrogen-bond donors (Lipinski definition) is 1. The molecule has 2 aromatic carbocycles. The average molecular weight is 284 g/mol. The number of nitrogens with zero attached hydrogens (tertiary/aromatic N) is 1. The highest BCUT2D eigenvalue weighted by molar-refractivity contribution is 5.89. The summed E-state index contributed by atoms with van der Waals surface area (Å²) in [4.78, 5) is 13.6. The summed E-state index contributed by atoms with van der Waals surface area (Å²) in [5.74, 6) is -0.315. The molecule has 0 heterocycles. The molecule has 0 aliphatic rings. The molecule has 2 aromatic rings. The maximum absolute atomic E-state index is 11.4. The van der Waals surface area contributed by atoms with Gasteiger partial charge in [0, 0.05) is 24.5 Å². The van der Waals surface area contributed by atoms with Crippen molar-refractivity contribution in [3.05, 3.63) is 59.7 Å². The van der Waals surface area contributed by atoms with Crippen molar-refractivity contribution < 1.29 is 9.53 Å². The molecule has 0 fully saturated rings. The molecule has 0 atom stereocenters. The second-order valence-corrected chi connectivity index (χ2v) is 4.80. The topological polar surface area (TPSA) is 55.6 Å². The molecule has 21 heavy (non-hydrogen) atoms. The number of carbonyl (C=O) groups excluding carboxylic acids is 1.